The standard InChI is InChI=1S/C9H10N2/c10-6-3-1-2-4-9-5-7-11-8-9/h1-8,10-11H/p+1/b3-1+,4-2+,10-6?. The number of nitrogens with two attached hydrogens (primary N) is 1. The first-order valence-corrected chi connectivity index (χ1v) is 3.49. The monoisotopic (exact) mass is 147 g/mol. The Bertz CT molecular complexity index is 244. The number of quaternary nitrogens is 1. The van der Waals surface area contributed by atoms with Gasteiger partial charge in [-0.25, -0.2) is 0 Å². The zero-order valence-corrected chi connectivity index (χ0v) is 6.20. The molecule has 3 N–H and O–H groups in total. The number of allylic oxidation sites excluding steroid dienone is 6. The summed E-state index contributed by atoms with van der Waals surface area (Å²) < 4.78 is 0. The van der Waals surface area contributed by atoms with Gasteiger partial charge in [-0.1, -0.05) is 12.2 Å². The van der Waals surface area contributed by atoms with Crippen molar-refractivity contribution in [3.63, 3.8) is 0 Å². The van der Waals surface area contributed by atoms with E-state index in [1.807, 2.05) is 42.0 Å². The molecule has 0 aliphatic carbocycles. The van der Waals surface area contributed by atoms with Crippen LogP contribution in [0.15, 0.2) is 48.4 Å². The Hall–Kier alpha value is -1.41. The lowest BCUT2D eigenvalue weighted by atomic mass is 10.3. The van der Waals surface area contributed by atoms with Crippen molar-refractivity contribution in [2.45, 2.75) is 0 Å². The molecule has 1 aliphatic heterocycles. The highest BCUT2D eigenvalue weighted by atomic mass is 14.8. The van der Waals surface area contributed by atoms with Gasteiger partial charge in [-0.3, -0.25) is 5.32 Å². The molecule has 1 rings (SSSR count). The highest BCUT2D eigenvalue weighted by molar-refractivity contribution is 5.68. The average molecular weight is 147 g/mol. The summed E-state index contributed by atoms with van der Waals surface area (Å²) in [7, 11) is 0. The highest BCUT2D eigenvalue weighted by Gasteiger charge is 1.93. The van der Waals surface area contributed by atoms with E-state index in [1.54, 1.807) is 6.08 Å². The van der Waals surface area contributed by atoms with Gasteiger partial charge in [-0.15, -0.1) is 0 Å². The molecule has 0 atom stereocenters. The van der Waals surface area contributed by atoms with E-state index in [-0.39, 0.29) is 0 Å². The van der Waals surface area contributed by atoms with Gasteiger partial charge >= 0.3 is 0 Å². The van der Waals surface area contributed by atoms with Gasteiger partial charge in [-0.2, -0.15) is 0 Å². The van der Waals surface area contributed by atoms with Crippen molar-refractivity contribution < 1.29 is 5.32 Å². The summed E-state index contributed by atoms with van der Waals surface area (Å²) in [6.45, 7) is 0. The van der Waals surface area contributed by atoms with Gasteiger partial charge in [0.05, 0.1) is 6.20 Å². The fourth-order valence-corrected chi connectivity index (χ4v) is 0.786. The van der Waals surface area contributed by atoms with Crippen LogP contribution in [-0.4, -0.2) is 6.21 Å². The summed E-state index contributed by atoms with van der Waals surface area (Å²) in [5.41, 5.74) is 1.19. The van der Waals surface area contributed by atoms with Gasteiger partial charge in [0.15, 0.2) is 0 Å². The zero-order chi connectivity index (χ0) is 7.94. The van der Waals surface area contributed by atoms with E-state index in [2.05, 4.69) is 0 Å². The van der Waals surface area contributed by atoms with Crippen LogP contribution < -0.4 is 5.32 Å². The van der Waals surface area contributed by atoms with Crippen LogP contribution in [0.5, 0.6) is 0 Å². The lowest BCUT2D eigenvalue weighted by molar-refractivity contribution is -0.510. The zero-order valence-electron chi connectivity index (χ0n) is 6.20. The van der Waals surface area contributed by atoms with E-state index in [0.29, 0.717) is 0 Å². The number of rotatable bonds is 3. The third-order valence-corrected chi connectivity index (χ3v) is 1.30. The van der Waals surface area contributed by atoms with Gasteiger partial charge in [-0.05, 0) is 12.2 Å². The maximum absolute atomic E-state index is 6.71. The molecule has 0 amide bonds. The second kappa shape index (κ2) is 4.41. The minimum absolute atomic E-state index is 1.19. The van der Waals surface area contributed by atoms with Crippen molar-refractivity contribution in [3.05, 3.63) is 48.4 Å². The Labute approximate surface area is 66.1 Å². The van der Waals surface area contributed by atoms with Crippen LogP contribution in [0.4, 0.5) is 0 Å². The molecule has 2 nitrogen and oxygen atoms in total. The quantitative estimate of drug-likeness (QED) is 0.436. The minimum Gasteiger partial charge on any atom is -0.309 e. The Morgan fingerprint density at radius 3 is 2.82 bits per heavy atom. The summed E-state index contributed by atoms with van der Waals surface area (Å²) in [6, 6.07) is 0. The molecule has 0 saturated carbocycles. The van der Waals surface area contributed by atoms with Crippen LogP contribution in [0.3, 0.4) is 0 Å². The maximum atomic E-state index is 6.71. The third-order valence-electron chi connectivity index (χ3n) is 1.30. The SMILES string of the molecule is N=C/C=C/C=C/C1=C[NH2+]C=C1. The number of hydrogen-bond donors (Lipinski definition) is 2. The topological polar surface area (TPSA) is 40.5 Å². The van der Waals surface area contributed by atoms with Crippen LogP contribution in [0.2, 0.25) is 0 Å². The van der Waals surface area contributed by atoms with Crippen LogP contribution >= 0.6 is 0 Å². The Balaban J connectivity index is 2.40. The molecule has 0 saturated heterocycles. The molecule has 11 heavy (non-hydrogen) atoms. The molecule has 2 heteroatoms. The van der Waals surface area contributed by atoms with Crippen molar-refractivity contribution >= 4 is 6.21 Å². The molecule has 0 unspecified atom stereocenters. The summed E-state index contributed by atoms with van der Waals surface area (Å²) in [5, 5.41) is 8.71. The fourth-order valence-electron chi connectivity index (χ4n) is 0.786. The van der Waals surface area contributed by atoms with E-state index in [9.17, 15) is 0 Å². The van der Waals surface area contributed by atoms with Crippen molar-refractivity contribution in [1.82, 2.24) is 0 Å². The lowest BCUT2D eigenvalue weighted by Gasteiger charge is -1.78. The van der Waals surface area contributed by atoms with Crippen LogP contribution in [0.1, 0.15) is 0 Å². The highest BCUT2D eigenvalue weighted by Crippen LogP contribution is 1.97. The molecule has 0 aromatic rings. The average Bonchev–Trinajstić information content (AvgIpc) is 2.50. The number of nitrogens with one attached hydrogen (secondary N) is 1. The van der Waals surface area contributed by atoms with Gasteiger partial charge in [0.2, 0.25) is 0 Å². The van der Waals surface area contributed by atoms with Gasteiger partial charge in [0.25, 0.3) is 0 Å². The summed E-state index contributed by atoms with van der Waals surface area (Å²) in [4.78, 5) is 0. The van der Waals surface area contributed by atoms with Crippen molar-refractivity contribution in [1.29, 1.82) is 5.41 Å². The molecule has 0 aromatic carbocycles. The molecular weight excluding hydrogens is 136 g/mol. The van der Waals surface area contributed by atoms with E-state index in [4.69, 9.17) is 5.41 Å². The predicted octanol–water partition coefficient (Wildman–Crippen LogP) is 0.723. The van der Waals surface area contributed by atoms with Crippen LogP contribution in [-0.2, 0) is 0 Å². The molecule has 1 heterocycles. The molecule has 0 aromatic heterocycles. The second-order valence-corrected chi connectivity index (χ2v) is 2.13. The third kappa shape index (κ3) is 2.78. The van der Waals surface area contributed by atoms with E-state index in [0.717, 1.165) is 0 Å². The van der Waals surface area contributed by atoms with Crippen molar-refractivity contribution in [2.75, 3.05) is 0 Å². The van der Waals surface area contributed by atoms with Gasteiger partial charge in [0.1, 0.15) is 6.20 Å². The van der Waals surface area contributed by atoms with E-state index in [1.165, 1.54) is 11.8 Å². The Kier molecular flexibility index (Phi) is 3.09. The summed E-state index contributed by atoms with van der Waals surface area (Å²) in [5.74, 6) is 0. The molecule has 0 radical (unpaired) electrons. The molecule has 1 aliphatic rings. The normalized spacial score (nSPS) is 16.5. The molecule has 0 bridgehead atoms. The summed E-state index contributed by atoms with van der Waals surface area (Å²) >= 11 is 0. The first kappa shape index (κ1) is 7.69. The molecular formula is C9H11N2+. The number of hydrogen-bond acceptors (Lipinski definition) is 1. The van der Waals surface area contributed by atoms with E-state index >= 15 is 0 Å². The van der Waals surface area contributed by atoms with Crippen LogP contribution in [0.25, 0.3) is 0 Å². The predicted molar refractivity (Wildman–Crippen MR) is 46.2 cm³/mol. The van der Waals surface area contributed by atoms with Gasteiger partial charge in [0, 0.05) is 17.9 Å². The van der Waals surface area contributed by atoms with Crippen molar-refractivity contribution in [3.8, 4) is 0 Å². The first-order valence-electron chi connectivity index (χ1n) is 3.49. The summed E-state index contributed by atoms with van der Waals surface area (Å²) in [6.07, 6.45) is 14.8. The Morgan fingerprint density at radius 2 is 2.18 bits per heavy atom. The maximum Gasteiger partial charge on any atom is 0.105 e. The molecule has 0 spiro atoms. The Morgan fingerprint density at radius 1 is 1.27 bits per heavy atom. The minimum atomic E-state index is 1.19. The molecule has 56 valence electrons. The smallest absolute Gasteiger partial charge is 0.105 e. The first-order chi connectivity index (χ1) is 5.43. The lowest BCUT2D eigenvalue weighted by Crippen LogP contribution is -2.69. The van der Waals surface area contributed by atoms with Crippen molar-refractivity contribution in [2.24, 2.45) is 0 Å². The van der Waals surface area contributed by atoms with E-state index < -0.39 is 0 Å². The largest absolute Gasteiger partial charge is 0.309 e. The second-order valence-electron chi connectivity index (χ2n) is 2.13. The molecule has 0 fully saturated rings. The fraction of sp³-hybridized carbons (Fsp3) is 0. The van der Waals surface area contributed by atoms with Crippen LogP contribution in [0, 0.1) is 5.41 Å². The van der Waals surface area contributed by atoms with Gasteiger partial charge < -0.3 is 5.41 Å².